The molecule has 2 aromatic carbocycles. The number of carbonyl (C=O) groups is 1. The number of benzene rings is 2. The number of rotatable bonds is 5. The van der Waals surface area contributed by atoms with Gasteiger partial charge in [0, 0.05) is 10.7 Å². The lowest BCUT2D eigenvalue weighted by Crippen LogP contribution is -2.20. The van der Waals surface area contributed by atoms with Gasteiger partial charge in [0.1, 0.15) is 12.1 Å². The number of nitrogens with one attached hydrogen (secondary N) is 1. The Balaban J connectivity index is 1.61. The Morgan fingerprint density at radius 1 is 1.20 bits per heavy atom. The standard InChI is InChI=1S/C17H16ClN5O2/c1-11-8-14(4-5-15(11)18)25-9-17(24)20-13-3-6-16(12(2)7-13)23-10-19-21-22-23/h3-8,10H,9H2,1-2H3,(H,20,24). The van der Waals surface area contributed by atoms with Gasteiger partial charge < -0.3 is 10.1 Å². The molecule has 1 heterocycles. The van der Waals surface area contributed by atoms with Gasteiger partial charge in [-0.05, 0) is 71.8 Å². The molecular formula is C17H16ClN5O2. The largest absolute Gasteiger partial charge is 0.484 e. The van der Waals surface area contributed by atoms with Gasteiger partial charge in [-0.15, -0.1) is 5.10 Å². The van der Waals surface area contributed by atoms with Gasteiger partial charge >= 0.3 is 0 Å². The number of tetrazole rings is 1. The molecule has 1 aromatic heterocycles. The van der Waals surface area contributed by atoms with Crippen molar-refractivity contribution in [3.63, 3.8) is 0 Å². The highest BCUT2D eigenvalue weighted by molar-refractivity contribution is 6.31. The van der Waals surface area contributed by atoms with E-state index in [2.05, 4.69) is 20.8 Å². The van der Waals surface area contributed by atoms with Crippen molar-refractivity contribution < 1.29 is 9.53 Å². The number of nitrogens with zero attached hydrogens (tertiary/aromatic N) is 4. The zero-order valence-corrected chi connectivity index (χ0v) is 14.5. The predicted octanol–water partition coefficient (Wildman–Crippen LogP) is 2.95. The minimum atomic E-state index is -0.248. The van der Waals surface area contributed by atoms with Gasteiger partial charge in [0.2, 0.25) is 0 Å². The summed E-state index contributed by atoms with van der Waals surface area (Å²) in [5, 5.41) is 14.5. The minimum Gasteiger partial charge on any atom is -0.484 e. The fourth-order valence-corrected chi connectivity index (χ4v) is 2.43. The first-order valence-electron chi connectivity index (χ1n) is 7.56. The third-order valence-corrected chi connectivity index (χ3v) is 4.00. The van der Waals surface area contributed by atoms with Crippen LogP contribution in [-0.4, -0.2) is 32.7 Å². The molecule has 0 saturated carbocycles. The van der Waals surface area contributed by atoms with Crippen LogP contribution in [0.1, 0.15) is 11.1 Å². The third kappa shape index (κ3) is 4.13. The summed E-state index contributed by atoms with van der Waals surface area (Å²) in [6, 6.07) is 10.7. The molecular weight excluding hydrogens is 342 g/mol. The lowest BCUT2D eigenvalue weighted by Gasteiger charge is -2.10. The van der Waals surface area contributed by atoms with E-state index in [0.29, 0.717) is 16.5 Å². The molecule has 8 heteroatoms. The predicted molar refractivity (Wildman–Crippen MR) is 94.2 cm³/mol. The molecule has 0 saturated heterocycles. The average Bonchev–Trinajstić information content (AvgIpc) is 3.10. The summed E-state index contributed by atoms with van der Waals surface area (Å²) in [4.78, 5) is 12.1. The van der Waals surface area contributed by atoms with Gasteiger partial charge in [-0.1, -0.05) is 11.6 Å². The molecule has 25 heavy (non-hydrogen) atoms. The zero-order chi connectivity index (χ0) is 17.8. The SMILES string of the molecule is Cc1cc(OCC(=O)Nc2ccc(-n3cnnn3)c(C)c2)ccc1Cl. The summed E-state index contributed by atoms with van der Waals surface area (Å²) in [6.07, 6.45) is 1.52. The van der Waals surface area contributed by atoms with Crippen LogP contribution in [0.2, 0.25) is 5.02 Å². The molecule has 0 bridgehead atoms. The summed E-state index contributed by atoms with van der Waals surface area (Å²) >= 11 is 5.97. The number of hydrogen-bond acceptors (Lipinski definition) is 5. The second-order valence-electron chi connectivity index (χ2n) is 5.50. The molecule has 0 radical (unpaired) electrons. The van der Waals surface area contributed by atoms with Crippen molar-refractivity contribution in [3.8, 4) is 11.4 Å². The maximum atomic E-state index is 12.1. The van der Waals surface area contributed by atoms with Crippen molar-refractivity contribution in [2.75, 3.05) is 11.9 Å². The summed E-state index contributed by atoms with van der Waals surface area (Å²) in [6.45, 7) is 3.71. The fraction of sp³-hybridized carbons (Fsp3) is 0.176. The summed E-state index contributed by atoms with van der Waals surface area (Å²) in [5.41, 5.74) is 3.35. The van der Waals surface area contributed by atoms with Crippen molar-refractivity contribution in [3.05, 3.63) is 58.9 Å². The van der Waals surface area contributed by atoms with Crippen LogP contribution >= 0.6 is 11.6 Å². The van der Waals surface area contributed by atoms with Crippen LogP contribution in [0.4, 0.5) is 5.69 Å². The van der Waals surface area contributed by atoms with Crippen molar-refractivity contribution in [2.24, 2.45) is 0 Å². The molecule has 0 atom stereocenters. The first kappa shape index (κ1) is 16.9. The Morgan fingerprint density at radius 2 is 2.04 bits per heavy atom. The van der Waals surface area contributed by atoms with Gasteiger partial charge in [-0.3, -0.25) is 4.79 Å². The summed E-state index contributed by atoms with van der Waals surface area (Å²) in [7, 11) is 0. The lowest BCUT2D eigenvalue weighted by atomic mass is 10.2. The zero-order valence-electron chi connectivity index (χ0n) is 13.7. The number of anilines is 1. The van der Waals surface area contributed by atoms with Crippen LogP contribution in [0.25, 0.3) is 5.69 Å². The van der Waals surface area contributed by atoms with Gasteiger partial charge in [0.25, 0.3) is 5.91 Å². The normalized spacial score (nSPS) is 10.5. The second-order valence-corrected chi connectivity index (χ2v) is 5.91. The minimum absolute atomic E-state index is 0.0884. The van der Waals surface area contributed by atoms with Crippen LogP contribution in [0.15, 0.2) is 42.7 Å². The maximum Gasteiger partial charge on any atom is 0.262 e. The fourth-order valence-electron chi connectivity index (χ4n) is 2.31. The topological polar surface area (TPSA) is 81.9 Å². The van der Waals surface area contributed by atoms with Crippen molar-refractivity contribution in [1.82, 2.24) is 20.2 Å². The van der Waals surface area contributed by atoms with E-state index in [-0.39, 0.29) is 12.5 Å². The molecule has 0 aliphatic rings. The van der Waals surface area contributed by atoms with E-state index in [1.54, 1.807) is 28.9 Å². The highest BCUT2D eigenvalue weighted by Gasteiger charge is 2.08. The summed E-state index contributed by atoms with van der Waals surface area (Å²) in [5.74, 6) is 0.351. The number of carbonyl (C=O) groups excluding carboxylic acids is 1. The quantitative estimate of drug-likeness (QED) is 0.759. The van der Waals surface area contributed by atoms with E-state index in [9.17, 15) is 4.79 Å². The number of aromatic nitrogens is 4. The molecule has 3 rings (SSSR count). The van der Waals surface area contributed by atoms with E-state index >= 15 is 0 Å². The van der Waals surface area contributed by atoms with Gasteiger partial charge in [-0.25, -0.2) is 4.68 Å². The van der Waals surface area contributed by atoms with Gasteiger partial charge in [0.15, 0.2) is 6.61 Å². The van der Waals surface area contributed by atoms with E-state index in [4.69, 9.17) is 16.3 Å². The van der Waals surface area contributed by atoms with Gasteiger partial charge in [-0.2, -0.15) is 0 Å². The van der Waals surface area contributed by atoms with Crippen molar-refractivity contribution in [1.29, 1.82) is 0 Å². The first-order chi connectivity index (χ1) is 12.0. The molecule has 0 spiro atoms. The van der Waals surface area contributed by atoms with E-state index < -0.39 is 0 Å². The van der Waals surface area contributed by atoms with Crippen LogP contribution in [0.5, 0.6) is 5.75 Å². The van der Waals surface area contributed by atoms with E-state index in [0.717, 1.165) is 16.8 Å². The Morgan fingerprint density at radius 3 is 2.72 bits per heavy atom. The Hall–Kier alpha value is -2.93. The molecule has 3 aromatic rings. The van der Waals surface area contributed by atoms with E-state index in [1.165, 1.54) is 6.33 Å². The number of halogens is 1. The average molecular weight is 358 g/mol. The van der Waals surface area contributed by atoms with Crippen LogP contribution in [0.3, 0.4) is 0 Å². The Kier molecular flexibility index (Phi) is 4.95. The monoisotopic (exact) mass is 357 g/mol. The third-order valence-electron chi connectivity index (χ3n) is 3.58. The molecule has 0 fully saturated rings. The highest BCUT2D eigenvalue weighted by atomic mass is 35.5. The highest BCUT2D eigenvalue weighted by Crippen LogP contribution is 2.21. The number of hydrogen-bond donors (Lipinski definition) is 1. The Labute approximate surface area is 149 Å². The number of amides is 1. The van der Waals surface area contributed by atoms with Crippen LogP contribution < -0.4 is 10.1 Å². The number of aryl methyl sites for hydroxylation is 2. The van der Waals surface area contributed by atoms with Crippen molar-refractivity contribution in [2.45, 2.75) is 13.8 Å². The molecule has 128 valence electrons. The molecule has 0 aliphatic heterocycles. The smallest absolute Gasteiger partial charge is 0.262 e. The first-order valence-corrected chi connectivity index (χ1v) is 7.93. The second kappa shape index (κ2) is 7.31. The molecule has 7 nitrogen and oxygen atoms in total. The van der Waals surface area contributed by atoms with Crippen LogP contribution in [0, 0.1) is 13.8 Å². The maximum absolute atomic E-state index is 12.1. The van der Waals surface area contributed by atoms with Gasteiger partial charge in [0.05, 0.1) is 5.69 Å². The Bertz CT molecular complexity index is 896. The molecule has 0 aliphatic carbocycles. The summed E-state index contributed by atoms with van der Waals surface area (Å²) < 4.78 is 7.05. The van der Waals surface area contributed by atoms with Crippen LogP contribution in [-0.2, 0) is 4.79 Å². The lowest BCUT2D eigenvalue weighted by molar-refractivity contribution is -0.118. The molecule has 0 unspecified atom stereocenters. The van der Waals surface area contributed by atoms with Crippen molar-refractivity contribution >= 4 is 23.2 Å². The molecule has 1 amide bonds. The number of ether oxygens (including phenoxy) is 1. The van der Waals surface area contributed by atoms with E-state index in [1.807, 2.05) is 26.0 Å². The molecule has 1 N–H and O–H groups in total.